The van der Waals surface area contributed by atoms with E-state index in [1.807, 2.05) is 12.2 Å². The highest BCUT2D eigenvalue weighted by Gasteiger charge is 2.60. The van der Waals surface area contributed by atoms with E-state index in [9.17, 15) is 18.0 Å². The average Bonchev–Trinajstić information content (AvgIpc) is 3.00. The average molecular weight is 301 g/mol. The largest absolute Gasteiger partial charge is 0.365 e. The number of imide groups is 1. The quantitative estimate of drug-likeness (QED) is 0.288. The zero-order valence-electron chi connectivity index (χ0n) is 10.9. The van der Waals surface area contributed by atoms with E-state index < -0.39 is 22.0 Å². The van der Waals surface area contributed by atoms with Gasteiger partial charge in [0.25, 0.3) is 10.1 Å². The minimum atomic E-state index is -3.49. The van der Waals surface area contributed by atoms with Gasteiger partial charge in [-0.25, -0.2) is 0 Å². The Labute approximate surface area is 116 Å². The summed E-state index contributed by atoms with van der Waals surface area (Å²) in [4.78, 5) is 25.6. The number of rotatable bonds is 5. The summed E-state index contributed by atoms with van der Waals surface area (Å²) < 4.78 is 31.7. The standard InChI is InChI=1S/C12H15NO6S/c1-20(16,17)18-6-2-5-13-11(14)9-7-3-4-8(19-7)10(9)12(13)15/h3-4,7-10H,2,5-6H2,1H3/t7-,8+,9+,10-. The van der Waals surface area contributed by atoms with E-state index in [1.165, 1.54) is 4.90 Å². The molecule has 3 aliphatic rings. The lowest BCUT2D eigenvalue weighted by Gasteiger charge is -2.17. The van der Waals surface area contributed by atoms with Crippen molar-refractivity contribution in [1.29, 1.82) is 0 Å². The molecule has 0 aliphatic carbocycles. The number of amides is 2. The van der Waals surface area contributed by atoms with Crippen molar-refractivity contribution >= 4 is 21.9 Å². The molecule has 0 aromatic carbocycles. The van der Waals surface area contributed by atoms with Crippen LogP contribution in [0.2, 0.25) is 0 Å². The Bertz CT molecular complexity index is 553. The molecule has 0 spiro atoms. The number of hydrogen-bond donors (Lipinski definition) is 0. The molecule has 4 atom stereocenters. The second kappa shape index (κ2) is 4.64. The second-order valence-electron chi connectivity index (χ2n) is 5.21. The maximum absolute atomic E-state index is 12.2. The SMILES string of the molecule is CS(=O)(=O)OCCCN1C(=O)[C@@H]2[C@H](C1=O)[C@@H]1C=C[C@H]2O1. The van der Waals surface area contributed by atoms with Gasteiger partial charge in [-0.2, -0.15) is 8.42 Å². The summed E-state index contributed by atoms with van der Waals surface area (Å²) in [5.74, 6) is -1.27. The minimum Gasteiger partial charge on any atom is -0.365 e. The first-order valence-electron chi connectivity index (χ1n) is 6.42. The summed E-state index contributed by atoms with van der Waals surface area (Å²) in [5.41, 5.74) is 0. The van der Waals surface area contributed by atoms with Crippen molar-refractivity contribution in [3.8, 4) is 0 Å². The van der Waals surface area contributed by atoms with Gasteiger partial charge in [0.2, 0.25) is 11.8 Å². The van der Waals surface area contributed by atoms with E-state index in [0.717, 1.165) is 6.26 Å². The van der Waals surface area contributed by atoms with Crippen molar-refractivity contribution in [3.05, 3.63) is 12.2 Å². The van der Waals surface area contributed by atoms with Gasteiger partial charge in [-0.05, 0) is 6.42 Å². The van der Waals surface area contributed by atoms with E-state index in [-0.39, 0.29) is 37.2 Å². The predicted molar refractivity (Wildman–Crippen MR) is 66.9 cm³/mol. The van der Waals surface area contributed by atoms with Crippen LogP contribution < -0.4 is 0 Å². The van der Waals surface area contributed by atoms with Crippen molar-refractivity contribution in [2.75, 3.05) is 19.4 Å². The topological polar surface area (TPSA) is 90.0 Å². The van der Waals surface area contributed by atoms with Crippen LogP contribution in [-0.2, 0) is 28.6 Å². The monoisotopic (exact) mass is 301 g/mol. The van der Waals surface area contributed by atoms with E-state index in [0.29, 0.717) is 6.42 Å². The van der Waals surface area contributed by atoms with E-state index in [4.69, 9.17) is 4.74 Å². The van der Waals surface area contributed by atoms with Crippen LogP contribution in [0.15, 0.2) is 12.2 Å². The Morgan fingerprint density at radius 1 is 1.20 bits per heavy atom. The summed E-state index contributed by atoms with van der Waals surface area (Å²) in [6, 6.07) is 0. The lowest BCUT2D eigenvalue weighted by molar-refractivity contribution is -0.142. The van der Waals surface area contributed by atoms with Crippen LogP contribution in [0.4, 0.5) is 0 Å². The first-order chi connectivity index (χ1) is 9.38. The molecular weight excluding hydrogens is 286 g/mol. The fourth-order valence-electron chi connectivity index (χ4n) is 3.02. The molecule has 2 saturated heterocycles. The molecule has 0 unspecified atom stereocenters. The highest BCUT2D eigenvalue weighted by Crippen LogP contribution is 2.44. The van der Waals surface area contributed by atoms with Crippen LogP contribution in [0.25, 0.3) is 0 Å². The number of fused-ring (bicyclic) bond motifs is 5. The normalized spacial score (nSPS) is 35.1. The van der Waals surface area contributed by atoms with Crippen molar-refractivity contribution < 1.29 is 26.9 Å². The number of hydrogen-bond acceptors (Lipinski definition) is 6. The lowest BCUT2D eigenvalue weighted by atomic mass is 9.85. The van der Waals surface area contributed by atoms with Gasteiger partial charge in [0.15, 0.2) is 0 Å². The summed E-state index contributed by atoms with van der Waals surface area (Å²) in [7, 11) is -3.49. The molecular formula is C12H15NO6S. The second-order valence-corrected chi connectivity index (χ2v) is 6.85. The zero-order valence-corrected chi connectivity index (χ0v) is 11.7. The Morgan fingerprint density at radius 3 is 2.25 bits per heavy atom. The summed E-state index contributed by atoms with van der Waals surface area (Å²) in [5, 5.41) is 0. The van der Waals surface area contributed by atoms with Crippen LogP contribution in [0.5, 0.6) is 0 Å². The maximum atomic E-state index is 12.2. The molecule has 2 fully saturated rings. The number of ether oxygens (including phenoxy) is 1. The maximum Gasteiger partial charge on any atom is 0.264 e. The number of carbonyl (C=O) groups excluding carboxylic acids is 2. The molecule has 0 radical (unpaired) electrons. The molecule has 20 heavy (non-hydrogen) atoms. The number of nitrogens with zero attached hydrogens (tertiary/aromatic N) is 1. The smallest absolute Gasteiger partial charge is 0.264 e. The Balaban J connectivity index is 1.60. The van der Waals surface area contributed by atoms with Gasteiger partial charge in [0.1, 0.15) is 0 Å². The van der Waals surface area contributed by atoms with Crippen LogP contribution in [0, 0.1) is 11.8 Å². The predicted octanol–water partition coefficient (Wildman–Crippen LogP) is -0.709. The van der Waals surface area contributed by atoms with E-state index in [1.54, 1.807) is 0 Å². The molecule has 3 heterocycles. The molecule has 3 rings (SSSR count). The first-order valence-corrected chi connectivity index (χ1v) is 8.23. The Morgan fingerprint density at radius 2 is 1.75 bits per heavy atom. The number of likely N-dealkylation sites (tertiary alicyclic amines) is 1. The molecule has 0 aromatic heterocycles. The van der Waals surface area contributed by atoms with Crippen molar-refractivity contribution in [2.45, 2.75) is 18.6 Å². The molecule has 8 heteroatoms. The summed E-state index contributed by atoms with van der Waals surface area (Å²) >= 11 is 0. The van der Waals surface area contributed by atoms with Gasteiger partial charge in [-0.15, -0.1) is 0 Å². The lowest BCUT2D eigenvalue weighted by Crippen LogP contribution is -2.35. The molecule has 7 nitrogen and oxygen atoms in total. The van der Waals surface area contributed by atoms with Gasteiger partial charge in [-0.3, -0.25) is 18.7 Å². The Hall–Kier alpha value is -1.25. The third kappa shape index (κ3) is 2.17. The highest BCUT2D eigenvalue weighted by atomic mass is 32.2. The molecule has 3 aliphatic heterocycles. The number of carbonyl (C=O) groups is 2. The van der Waals surface area contributed by atoms with Gasteiger partial charge in [0, 0.05) is 6.54 Å². The molecule has 0 saturated carbocycles. The summed E-state index contributed by atoms with van der Waals surface area (Å²) in [6.07, 6.45) is 4.33. The van der Waals surface area contributed by atoms with E-state index >= 15 is 0 Å². The minimum absolute atomic E-state index is 0.0349. The molecule has 110 valence electrons. The molecule has 0 aromatic rings. The Kier molecular flexibility index (Phi) is 3.19. The van der Waals surface area contributed by atoms with Crippen LogP contribution in [0.1, 0.15) is 6.42 Å². The van der Waals surface area contributed by atoms with Gasteiger partial charge in [0.05, 0.1) is 36.9 Å². The zero-order chi connectivity index (χ0) is 14.5. The van der Waals surface area contributed by atoms with Gasteiger partial charge >= 0.3 is 0 Å². The summed E-state index contributed by atoms with van der Waals surface area (Å²) in [6.45, 7) is 0.145. The first kappa shape index (κ1) is 13.7. The van der Waals surface area contributed by atoms with Crippen LogP contribution in [0.3, 0.4) is 0 Å². The third-order valence-corrected chi connectivity index (χ3v) is 4.42. The molecule has 2 amide bonds. The molecule has 2 bridgehead atoms. The van der Waals surface area contributed by atoms with Crippen LogP contribution >= 0.6 is 0 Å². The van der Waals surface area contributed by atoms with Crippen molar-refractivity contribution in [2.24, 2.45) is 11.8 Å². The van der Waals surface area contributed by atoms with Gasteiger partial charge < -0.3 is 4.74 Å². The van der Waals surface area contributed by atoms with E-state index in [2.05, 4.69) is 4.18 Å². The fraction of sp³-hybridized carbons (Fsp3) is 0.667. The molecule has 0 N–H and O–H groups in total. The fourth-order valence-corrected chi connectivity index (χ4v) is 3.44. The van der Waals surface area contributed by atoms with Crippen molar-refractivity contribution in [1.82, 2.24) is 4.90 Å². The third-order valence-electron chi connectivity index (χ3n) is 3.83. The van der Waals surface area contributed by atoms with Crippen LogP contribution in [-0.4, -0.2) is 56.7 Å². The highest BCUT2D eigenvalue weighted by molar-refractivity contribution is 7.85. The van der Waals surface area contributed by atoms with Gasteiger partial charge in [-0.1, -0.05) is 12.2 Å². The van der Waals surface area contributed by atoms with Crippen molar-refractivity contribution in [3.63, 3.8) is 0 Å².